The van der Waals surface area contributed by atoms with E-state index >= 15 is 0 Å². The maximum Gasteiger partial charge on any atom is 1.00 e. The molecule has 0 aromatic heterocycles. The molecule has 11 heteroatoms. The minimum Gasteiger partial charge on any atom is -1.00 e. The van der Waals surface area contributed by atoms with Gasteiger partial charge in [-0.25, -0.2) is 4.57 Å². The molecule has 9 nitrogen and oxygen atoms in total. The van der Waals surface area contributed by atoms with Crippen molar-refractivity contribution in [1.82, 2.24) is 0 Å². The summed E-state index contributed by atoms with van der Waals surface area (Å²) in [6.07, 6.45) is -7.27. The molecule has 4 atom stereocenters. The first-order chi connectivity index (χ1) is 7.19. The SMILES string of the molecule is O=P(O)(O)OC[C@H](O)[C@@H](O)[C@H](O)[C@H](O)CO.[H-].[Na+]. The summed E-state index contributed by atoms with van der Waals surface area (Å²) in [6.45, 7) is -1.77. The molecule has 17 heavy (non-hydrogen) atoms. The number of phosphoric acid groups is 1. The van der Waals surface area contributed by atoms with Gasteiger partial charge in [0.15, 0.2) is 0 Å². The van der Waals surface area contributed by atoms with Crippen molar-refractivity contribution in [2.45, 2.75) is 24.4 Å². The molecule has 0 aliphatic carbocycles. The third-order valence-electron chi connectivity index (χ3n) is 1.74. The Hall–Kier alpha value is 0.910. The van der Waals surface area contributed by atoms with Crippen LogP contribution in [0.3, 0.4) is 0 Å². The quantitative estimate of drug-likeness (QED) is 0.178. The predicted octanol–water partition coefficient (Wildman–Crippen LogP) is -6.35. The van der Waals surface area contributed by atoms with E-state index in [4.69, 9.17) is 30.2 Å². The molecule has 0 saturated heterocycles. The zero-order valence-electron chi connectivity index (χ0n) is 10.1. The van der Waals surface area contributed by atoms with Gasteiger partial charge in [-0.1, -0.05) is 0 Å². The third kappa shape index (κ3) is 8.60. The number of phosphoric ester groups is 1. The van der Waals surface area contributed by atoms with E-state index < -0.39 is 45.5 Å². The summed E-state index contributed by atoms with van der Waals surface area (Å²) >= 11 is 0. The molecule has 0 heterocycles. The standard InChI is InChI=1S/C6H15O9P.Na.H/c7-1-3(8)5(10)6(11)4(9)2-15-16(12,13)14;;/h3-11H,1-2H2,(H2,12,13,14);;/q;+1;-1/t3-,4+,5-,6-;;/m1../s1. The molecule has 0 aliphatic rings. The number of hydrogen-bond donors (Lipinski definition) is 7. The maximum absolute atomic E-state index is 10.2. The van der Waals surface area contributed by atoms with Gasteiger partial charge >= 0.3 is 37.4 Å². The van der Waals surface area contributed by atoms with Gasteiger partial charge in [0.25, 0.3) is 0 Å². The van der Waals surface area contributed by atoms with Crippen LogP contribution in [0.15, 0.2) is 0 Å². The molecule has 100 valence electrons. The number of aliphatic hydroxyl groups is 5. The summed E-state index contributed by atoms with van der Waals surface area (Å²) in [5.41, 5.74) is 0. The molecule has 0 aliphatic heterocycles. The average molecular weight is 286 g/mol. The summed E-state index contributed by atoms with van der Waals surface area (Å²) in [5, 5.41) is 44.8. The second kappa shape index (κ2) is 8.92. The third-order valence-corrected chi connectivity index (χ3v) is 2.22. The Balaban J connectivity index is -0.00000112. The molecule has 0 unspecified atom stereocenters. The first kappa shape index (κ1) is 20.2. The molecule has 7 N–H and O–H groups in total. The van der Waals surface area contributed by atoms with Gasteiger partial charge in [0.1, 0.15) is 24.4 Å². The molecular formula is C6H16NaO9P. The van der Waals surface area contributed by atoms with Gasteiger partial charge in [0, 0.05) is 0 Å². The Morgan fingerprint density at radius 2 is 1.47 bits per heavy atom. The predicted molar refractivity (Wildman–Crippen MR) is 50.2 cm³/mol. The largest absolute Gasteiger partial charge is 1.00 e. The fourth-order valence-electron chi connectivity index (χ4n) is 0.835. The van der Waals surface area contributed by atoms with Gasteiger partial charge in [0.05, 0.1) is 13.2 Å². The summed E-state index contributed by atoms with van der Waals surface area (Å²) in [6, 6.07) is 0. The van der Waals surface area contributed by atoms with Gasteiger partial charge in [0.2, 0.25) is 0 Å². The van der Waals surface area contributed by atoms with Crippen molar-refractivity contribution < 1.29 is 75.4 Å². The minimum atomic E-state index is -4.78. The minimum absolute atomic E-state index is 0. The summed E-state index contributed by atoms with van der Waals surface area (Å²) < 4.78 is 14.1. The molecule has 0 amide bonds. The van der Waals surface area contributed by atoms with Crippen LogP contribution in [0.25, 0.3) is 0 Å². The fraction of sp³-hybridized carbons (Fsp3) is 1.00. The van der Waals surface area contributed by atoms with Crippen LogP contribution in [0, 0.1) is 0 Å². The van der Waals surface area contributed by atoms with Crippen LogP contribution in [-0.4, -0.2) is 72.9 Å². The van der Waals surface area contributed by atoms with Crippen molar-refractivity contribution in [2.75, 3.05) is 13.2 Å². The van der Waals surface area contributed by atoms with E-state index in [-0.39, 0.29) is 31.0 Å². The van der Waals surface area contributed by atoms with Crippen LogP contribution in [-0.2, 0) is 9.09 Å². The van der Waals surface area contributed by atoms with Crippen molar-refractivity contribution in [3.8, 4) is 0 Å². The molecule has 0 aromatic carbocycles. The summed E-state index contributed by atoms with van der Waals surface area (Å²) in [7, 11) is -4.78. The van der Waals surface area contributed by atoms with Crippen LogP contribution in [0.2, 0.25) is 0 Å². The Kier molecular flexibility index (Phi) is 10.6. The van der Waals surface area contributed by atoms with E-state index in [9.17, 15) is 9.67 Å². The normalized spacial score (nSPS) is 19.0. The Morgan fingerprint density at radius 1 is 1.06 bits per heavy atom. The van der Waals surface area contributed by atoms with E-state index in [2.05, 4.69) is 4.52 Å². The van der Waals surface area contributed by atoms with E-state index in [1.165, 1.54) is 0 Å². The van der Waals surface area contributed by atoms with Gasteiger partial charge in [-0.15, -0.1) is 0 Å². The maximum atomic E-state index is 10.2. The van der Waals surface area contributed by atoms with Crippen molar-refractivity contribution in [3.63, 3.8) is 0 Å². The molecule has 0 saturated carbocycles. The van der Waals surface area contributed by atoms with E-state index in [0.29, 0.717) is 0 Å². The Bertz CT molecular complexity index is 251. The van der Waals surface area contributed by atoms with Crippen molar-refractivity contribution >= 4 is 7.82 Å². The zero-order valence-corrected chi connectivity index (χ0v) is 12.0. The fourth-order valence-corrected chi connectivity index (χ4v) is 1.18. The second-order valence-electron chi connectivity index (χ2n) is 3.08. The van der Waals surface area contributed by atoms with Crippen molar-refractivity contribution in [3.05, 3.63) is 0 Å². The molecule has 0 bridgehead atoms. The van der Waals surface area contributed by atoms with Gasteiger partial charge in [-0.05, 0) is 0 Å². The number of hydrogen-bond acceptors (Lipinski definition) is 7. The molecule has 0 rings (SSSR count). The van der Waals surface area contributed by atoms with Crippen LogP contribution in [0.1, 0.15) is 1.43 Å². The Morgan fingerprint density at radius 3 is 1.82 bits per heavy atom. The zero-order chi connectivity index (χ0) is 12.9. The van der Waals surface area contributed by atoms with E-state index in [1.54, 1.807) is 0 Å². The van der Waals surface area contributed by atoms with Crippen LogP contribution in [0.4, 0.5) is 0 Å². The van der Waals surface area contributed by atoms with Crippen molar-refractivity contribution in [1.29, 1.82) is 0 Å². The Labute approximate surface area is 121 Å². The van der Waals surface area contributed by atoms with Gasteiger partial charge in [-0.2, -0.15) is 0 Å². The first-order valence-corrected chi connectivity index (χ1v) is 5.75. The van der Waals surface area contributed by atoms with Gasteiger partial charge in [-0.3, -0.25) is 4.52 Å². The topological polar surface area (TPSA) is 168 Å². The second-order valence-corrected chi connectivity index (χ2v) is 4.32. The average Bonchev–Trinajstić information content (AvgIpc) is 2.21. The summed E-state index contributed by atoms with van der Waals surface area (Å²) in [4.78, 5) is 16.6. The molecule has 0 spiro atoms. The molecule has 0 radical (unpaired) electrons. The van der Waals surface area contributed by atoms with Crippen LogP contribution >= 0.6 is 7.82 Å². The van der Waals surface area contributed by atoms with E-state index in [1.807, 2.05) is 0 Å². The van der Waals surface area contributed by atoms with Gasteiger partial charge < -0.3 is 36.7 Å². The molecule has 0 aromatic rings. The number of rotatable bonds is 7. The van der Waals surface area contributed by atoms with Crippen LogP contribution in [0.5, 0.6) is 0 Å². The first-order valence-electron chi connectivity index (χ1n) is 4.22. The molecular weight excluding hydrogens is 270 g/mol. The number of aliphatic hydroxyl groups excluding tert-OH is 5. The van der Waals surface area contributed by atoms with E-state index in [0.717, 1.165) is 0 Å². The smallest absolute Gasteiger partial charge is 1.00 e. The molecule has 0 fully saturated rings. The van der Waals surface area contributed by atoms with Crippen LogP contribution < -0.4 is 29.6 Å². The monoisotopic (exact) mass is 286 g/mol. The summed E-state index contributed by atoms with van der Waals surface area (Å²) in [5.74, 6) is 0. The van der Waals surface area contributed by atoms with Crippen molar-refractivity contribution in [2.24, 2.45) is 0 Å².